The first-order valence-corrected chi connectivity index (χ1v) is 10.3. The minimum Gasteiger partial charge on any atom is -0.489 e. The number of hydrogen-bond donors (Lipinski definition) is 2. The second kappa shape index (κ2) is 7.53. The highest BCUT2D eigenvalue weighted by Gasteiger charge is 2.31. The summed E-state index contributed by atoms with van der Waals surface area (Å²) < 4.78 is 9.45. The third kappa shape index (κ3) is 3.43. The van der Waals surface area contributed by atoms with E-state index in [-0.39, 0.29) is 24.3 Å². The van der Waals surface area contributed by atoms with Gasteiger partial charge >= 0.3 is 0 Å². The zero-order valence-corrected chi connectivity index (χ0v) is 17.4. The first-order chi connectivity index (χ1) is 15.0. The van der Waals surface area contributed by atoms with Crippen LogP contribution in [0.2, 0.25) is 0 Å². The molecule has 2 aliphatic heterocycles. The van der Waals surface area contributed by atoms with Gasteiger partial charge in [-0.3, -0.25) is 14.9 Å². The van der Waals surface area contributed by atoms with Gasteiger partial charge in [0.25, 0.3) is 5.91 Å². The van der Waals surface area contributed by atoms with E-state index in [1.165, 1.54) is 0 Å². The smallest absolute Gasteiger partial charge is 0.291 e. The van der Waals surface area contributed by atoms with E-state index in [1.807, 2.05) is 48.4 Å². The lowest BCUT2D eigenvalue weighted by Gasteiger charge is -2.23. The van der Waals surface area contributed by atoms with Crippen molar-refractivity contribution in [2.75, 3.05) is 18.6 Å². The first kappa shape index (κ1) is 19.3. The van der Waals surface area contributed by atoms with Crippen LogP contribution in [0.3, 0.4) is 0 Å². The molecule has 0 unspecified atom stereocenters. The molecule has 0 saturated heterocycles. The molecule has 0 aliphatic carbocycles. The number of carbonyl (C=O) groups excluding carboxylic acids is 1. The number of aryl methyl sites for hydroxylation is 2. The Kier molecular flexibility index (Phi) is 4.68. The number of benzene rings is 1. The van der Waals surface area contributed by atoms with Gasteiger partial charge < -0.3 is 15.0 Å². The summed E-state index contributed by atoms with van der Waals surface area (Å²) >= 11 is 0. The van der Waals surface area contributed by atoms with Crippen LogP contribution in [-0.4, -0.2) is 56.0 Å². The molecule has 160 valence electrons. The third-order valence-corrected chi connectivity index (χ3v) is 5.82. The lowest BCUT2D eigenvalue weighted by molar-refractivity contribution is 0.0926. The first-order valence-electron chi connectivity index (χ1n) is 10.3. The second-order valence-electron chi connectivity index (χ2n) is 7.90. The minimum absolute atomic E-state index is 0.0200. The van der Waals surface area contributed by atoms with E-state index in [0.29, 0.717) is 5.75 Å². The van der Waals surface area contributed by atoms with Crippen LogP contribution in [0.25, 0.3) is 0 Å². The lowest BCUT2D eigenvalue weighted by Crippen LogP contribution is -2.49. The summed E-state index contributed by atoms with van der Waals surface area (Å²) in [5.74, 6) is 1.42. The quantitative estimate of drug-likeness (QED) is 0.664. The molecule has 5 rings (SSSR count). The molecule has 10 heteroatoms. The van der Waals surface area contributed by atoms with E-state index >= 15 is 0 Å². The van der Waals surface area contributed by atoms with Crippen LogP contribution in [-0.2, 0) is 13.5 Å². The van der Waals surface area contributed by atoms with E-state index in [2.05, 4.69) is 20.5 Å². The van der Waals surface area contributed by atoms with Gasteiger partial charge in [-0.2, -0.15) is 5.10 Å². The Hall–Kier alpha value is -3.69. The standard InChI is InChI=1S/C21H24N8O2/c1-27-11-13(10-23-27)15-7-5-9-18-25-20(26-29(15)18)21(30)24-14-12-31-17-8-4-3-6-16(17)28(2)19(14)22/h3-4,6,8,10-11,14-15,22H,5,7,9,12H2,1-2H3,(H,24,30)/t14-,15-/m0/s1. The van der Waals surface area contributed by atoms with Crippen molar-refractivity contribution in [2.45, 2.75) is 31.3 Å². The van der Waals surface area contributed by atoms with Crippen LogP contribution in [0, 0.1) is 5.41 Å². The summed E-state index contributed by atoms with van der Waals surface area (Å²) in [4.78, 5) is 19.2. The Bertz CT molecular complexity index is 1150. The van der Waals surface area contributed by atoms with Crippen molar-refractivity contribution in [3.8, 4) is 5.75 Å². The molecule has 4 heterocycles. The topological polar surface area (TPSA) is 114 Å². The van der Waals surface area contributed by atoms with E-state index in [4.69, 9.17) is 10.1 Å². The van der Waals surface area contributed by atoms with Crippen LogP contribution in [0.1, 0.15) is 40.9 Å². The van der Waals surface area contributed by atoms with E-state index in [1.54, 1.807) is 16.6 Å². The molecule has 1 amide bonds. The Morgan fingerprint density at radius 1 is 1.29 bits per heavy atom. The molecule has 2 atom stereocenters. The fraction of sp³-hybridized carbons (Fsp3) is 0.381. The molecular formula is C21H24N8O2. The van der Waals surface area contributed by atoms with Crippen molar-refractivity contribution in [2.24, 2.45) is 7.05 Å². The van der Waals surface area contributed by atoms with Crippen molar-refractivity contribution in [1.29, 1.82) is 5.41 Å². The van der Waals surface area contributed by atoms with Gasteiger partial charge in [0.2, 0.25) is 5.82 Å². The van der Waals surface area contributed by atoms with Gasteiger partial charge in [0.05, 0.1) is 17.9 Å². The highest BCUT2D eigenvalue weighted by atomic mass is 16.5. The Morgan fingerprint density at radius 3 is 2.94 bits per heavy atom. The molecular weight excluding hydrogens is 396 g/mol. The highest BCUT2D eigenvalue weighted by Crippen LogP contribution is 2.31. The predicted molar refractivity (Wildman–Crippen MR) is 114 cm³/mol. The SMILES string of the molecule is CN1C(=N)[C@@H](NC(=O)c2nc3n(n2)[C@H](c2cnn(C)c2)CCC3)COc2ccccc21. The molecule has 2 N–H and O–H groups in total. The molecule has 0 radical (unpaired) electrons. The Balaban J connectivity index is 1.36. The molecule has 0 bridgehead atoms. The van der Waals surface area contributed by atoms with E-state index < -0.39 is 11.9 Å². The van der Waals surface area contributed by atoms with Crippen LogP contribution >= 0.6 is 0 Å². The van der Waals surface area contributed by atoms with E-state index in [9.17, 15) is 4.79 Å². The number of hydrogen-bond acceptors (Lipinski definition) is 6. The molecule has 2 aliphatic rings. The average Bonchev–Trinajstić information content (AvgIpc) is 3.39. The maximum absolute atomic E-state index is 13.0. The lowest BCUT2D eigenvalue weighted by atomic mass is 10.0. The van der Waals surface area contributed by atoms with Crippen molar-refractivity contribution >= 4 is 17.4 Å². The van der Waals surface area contributed by atoms with Gasteiger partial charge in [0.15, 0.2) is 0 Å². The molecule has 2 aromatic heterocycles. The monoisotopic (exact) mass is 420 g/mol. The fourth-order valence-corrected chi connectivity index (χ4v) is 4.17. The third-order valence-electron chi connectivity index (χ3n) is 5.82. The molecule has 0 spiro atoms. The van der Waals surface area contributed by atoms with E-state index in [0.717, 1.165) is 36.3 Å². The number of carbonyl (C=O) groups is 1. The number of aromatic nitrogens is 5. The summed E-state index contributed by atoms with van der Waals surface area (Å²) in [6, 6.07) is 6.92. The van der Waals surface area contributed by atoms with Crippen molar-refractivity contribution in [3.63, 3.8) is 0 Å². The average molecular weight is 420 g/mol. The number of nitrogens with one attached hydrogen (secondary N) is 2. The Labute approximate surface area is 179 Å². The van der Waals surface area contributed by atoms with Crippen LogP contribution in [0.5, 0.6) is 5.75 Å². The van der Waals surface area contributed by atoms with Gasteiger partial charge in [-0.1, -0.05) is 12.1 Å². The van der Waals surface area contributed by atoms with Crippen molar-refractivity contribution < 1.29 is 9.53 Å². The summed E-state index contributed by atoms with van der Waals surface area (Å²) in [7, 11) is 3.67. The number of para-hydroxylation sites is 2. The number of amidine groups is 1. The summed E-state index contributed by atoms with van der Waals surface area (Å²) in [6.07, 6.45) is 6.48. The minimum atomic E-state index is -0.612. The molecule has 10 nitrogen and oxygen atoms in total. The number of anilines is 1. The van der Waals surface area contributed by atoms with Crippen LogP contribution < -0.4 is 15.0 Å². The van der Waals surface area contributed by atoms with Crippen LogP contribution in [0.4, 0.5) is 5.69 Å². The zero-order chi connectivity index (χ0) is 21.5. The van der Waals surface area contributed by atoms with Gasteiger partial charge in [-0.05, 0) is 25.0 Å². The number of likely N-dealkylation sites (N-methyl/N-ethyl adjacent to an activating group) is 1. The summed E-state index contributed by atoms with van der Waals surface area (Å²) in [6.45, 7) is 0.164. The number of ether oxygens (including phenoxy) is 1. The zero-order valence-electron chi connectivity index (χ0n) is 17.4. The largest absolute Gasteiger partial charge is 0.489 e. The summed E-state index contributed by atoms with van der Waals surface area (Å²) in [5.41, 5.74) is 1.85. The molecule has 3 aromatic rings. The molecule has 31 heavy (non-hydrogen) atoms. The number of amides is 1. The van der Waals surface area contributed by atoms with Gasteiger partial charge in [-0.25, -0.2) is 9.67 Å². The van der Waals surface area contributed by atoms with Crippen molar-refractivity contribution in [1.82, 2.24) is 29.9 Å². The number of nitrogens with zero attached hydrogens (tertiary/aromatic N) is 6. The number of fused-ring (bicyclic) bond motifs is 2. The maximum Gasteiger partial charge on any atom is 0.291 e. The molecule has 0 saturated carbocycles. The van der Waals surface area contributed by atoms with Gasteiger partial charge in [0.1, 0.15) is 30.1 Å². The number of rotatable bonds is 3. The van der Waals surface area contributed by atoms with Crippen LogP contribution in [0.15, 0.2) is 36.7 Å². The Morgan fingerprint density at radius 2 is 2.13 bits per heavy atom. The normalized spacial score (nSPS) is 20.5. The fourth-order valence-electron chi connectivity index (χ4n) is 4.17. The second-order valence-corrected chi connectivity index (χ2v) is 7.90. The van der Waals surface area contributed by atoms with Gasteiger partial charge in [-0.15, -0.1) is 5.10 Å². The van der Waals surface area contributed by atoms with Gasteiger partial charge in [0, 0.05) is 32.3 Å². The predicted octanol–water partition coefficient (Wildman–Crippen LogP) is 1.54. The summed E-state index contributed by atoms with van der Waals surface area (Å²) in [5, 5.41) is 20.2. The maximum atomic E-state index is 13.0. The molecule has 1 aromatic carbocycles. The highest BCUT2D eigenvalue weighted by molar-refractivity contribution is 6.03. The molecule has 0 fully saturated rings. The van der Waals surface area contributed by atoms with Crippen molar-refractivity contribution in [3.05, 3.63) is 53.9 Å².